The molecule has 0 bridgehead atoms. The van der Waals surface area contributed by atoms with Crippen molar-refractivity contribution in [1.29, 1.82) is 0 Å². The summed E-state index contributed by atoms with van der Waals surface area (Å²) in [6, 6.07) is 4.40. The number of nitrogens with one attached hydrogen (secondary N) is 2. The van der Waals surface area contributed by atoms with Gasteiger partial charge >= 0.3 is 12.0 Å². The van der Waals surface area contributed by atoms with Crippen molar-refractivity contribution in [3.63, 3.8) is 0 Å². The van der Waals surface area contributed by atoms with Gasteiger partial charge in [0.2, 0.25) is 6.79 Å². The summed E-state index contributed by atoms with van der Waals surface area (Å²) in [4.78, 5) is 24.7. The summed E-state index contributed by atoms with van der Waals surface area (Å²) >= 11 is 0. The summed E-state index contributed by atoms with van der Waals surface area (Å²) in [6.07, 6.45) is 1.89. The number of benzene rings is 1. The van der Waals surface area contributed by atoms with Crippen LogP contribution in [0.15, 0.2) is 29.5 Å². The monoisotopic (exact) mass is 360 g/mol. The van der Waals surface area contributed by atoms with Crippen LogP contribution >= 0.6 is 0 Å². The largest absolute Gasteiger partial charge is 0.462 e. The first-order valence-electron chi connectivity index (χ1n) is 8.88. The molecule has 7 heteroatoms. The van der Waals surface area contributed by atoms with E-state index in [0.29, 0.717) is 35.3 Å². The van der Waals surface area contributed by atoms with Crippen LogP contribution in [0.1, 0.15) is 45.2 Å². The Hall–Kier alpha value is -2.70. The van der Waals surface area contributed by atoms with Gasteiger partial charge in [-0.15, -0.1) is 0 Å². The smallest absolute Gasteiger partial charge is 0.338 e. The van der Waals surface area contributed by atoms with E-state index in [0.717, 1.165) is 18.4 Å². The van der Waals surface area contributed by atoms with Gasteiger partial charge in [-0.2, -0.15) is 0 Å². The maximum atomic E-state index is 12.7. The van der Waals surface area contributed by atoms with Crippen molar-refractivity contribution in [1.82, 2.24) is 10.6 Å². The minimum absolute atomic E-state index is 0.163. The second kappa shape index (κ2) is 7.68. The van der Waals surface area contributed by atoms with Gasteiger partial charge in [0.05, 0.1) is 18.2 Å². The quantitative estimate of drug-likeness (QED) is 0.762. The topological polar surface area (TPSA) is 85.9 Å². The summed E-state index contributed by atoms with van der Waals surface area (Å²) in [5.41, 5.74) is 1.62. The minimum atomic E-state index is -0.604. The van der Waals surface area contributed by atoms with Crippen LogP contribution in [0, 0.1) is 5.92 Å². The first-order chi connectivity index (χ1) is 12.5. The average Bonchev–Trinajstić information content (AvgIpc) is 3.09. The van der Waals surface area contributed by atoms with E-state index in [2.05, 4.69) is 24.5 Å². The van der Waals surface area contributed by atoms with Gasteiger partial charge in [-0.1, -0.05) is 32.8 Å². The van der Waals surface area contributed by atoms with Crippen LogP contribution in [0.4, 0.5) is 4.79 Å². The predicted molar refractivity (Wildman–Crippen MR) is 94.7 cm³/mol. The molecule has 0 aromatic heterocycles. The van der Waals surface area contributed by atoms with E-state index < -0.39 is 12.0 Å². The first kappa shape index (κ1) is 18.1. The van der Waals surface area contributed by atoms with Gasteiger partial charge < -0.3 is 24.8 Å². The van der Waals surface area contributed by atoms with Crippen molar-refractivity contribution in [2.24, 2.45) is 5.92 Å². The molecule has 2 N–H and O–H groups in total. The zero-order valence-electron chi connectivity index (χ0n) is 15.3. The first-order valence-corrected chi connectivity index (χ1v) is 8.88. The van der Waals surface area contributed by atoms with Crippen molar-refractivity contribution in [2.45, 2.75) is 39.7 Å². The van der Waals surface area contributed by atoms with Crippen molar-refractivity contribution in [3.05, 3.63) is 35.0 Å². The Labute approximate surface area is 152 Å². The van der Waals surface area contributed by atoms with E-state index in [9.17, 15) is 9.59 Å². The Bertz CT molecular complexity index is 739. The number of carbonyl (C=O) groups is 2. The highest BCUT2D eigenvalue weighted by atomic mass is 16.7. The normalized spacial score (nSPS) is 18.6. The Kier molecular flexibility index (Phi) is 5.35. The molecule has 0 saturated carbocycles. The minimum Gasteiger partial charge on any atom is -0.462 e. The molecule has 2 amide bonds. The van der Waals surface area contributed by atoms with Crippen LogP contribution < -0.4 is 20.1 Å². The van der Waals surface area contributed by atoms with Crippen LogP contribution in [0.5, 0.6) is 11.5 Å². The lowest BCUT2D eigenvalue weighted by molar-refractivity contribution is -0.141. The van der Waals surface area contributed by atoms with E-state index in [4.69, 9.17) is 14.2 Å². The molecular formula is C19H24N2O5. The van der Waals surface area contributed by atoms with E-state index in [-0.39, 0.29) is 12.8 Å². The number of hydrogen-bond donors (Lipinski definition) is 2. The fourth-order valence-electron chi connectivity index (χ4n) is 3.10. The van der Waals surface area contributed by atoms with E-state index >= 15 is 0 Å². The number of esters is 1. The summed E-state index contributed by atoms with van der Waals surface area (Å²) in [5.74, 6) is 1.14. The summed E-state index contributed by atoms with van der Waals surface area (Å²) < 4.78 is 16.3. The predicted octanol–water partition coefficient (Wildman–Crippen LogP) is 3.02. The Balaban J connectivity index is 1.86. The van der Waals surface area contributed by atoms with Crippen LogP contribution in [-0.4, -0.2) is 25.4 Å². The number of ether oxygens (including phenoxy) is 3. The zero-order valence-corrected chi connectivity index (χ0v) is 15.3. The highest BCUT2D eigenvalue weighted by molar-refractivity contribution is 5.95. The lowest BCUT2D eigenvalue weighted by Gasteiger charge is -2.28. The van der Waals surface area contributed by atoms with Gasteiger partial charge in [0, 0.05) is 5.70 Å². The van der Waals surface area contributed by atoms with Crippen molar-refractivity contribution in [2.75, 3.05) is 13.4 Å². The van der Waals surface area contributed by atoms with Crippen molar-refractivity contribution >= 4 is 12.0 Å². The third-order valence-electron chi connectivity index (χ3n) is 4.82. The number of carbonyl (C=O) groups excluding carboxylic acids is 2. The third kappa shape index (κ3) is 3.61. The molecule has 0 unspecified atom stereocenters. The molecule has 0 saturated heterocycles. The summed E-state index contributed by atoms with van der Waals surface area (Å²) in [5, 5.41) is 5.45. The summed E-state index contributed by atoms with van der Waals surface area (Å²) in [6.45, 7) is 6.38. The Morgan fingerprint density at radius 3 is 2.73 bits per heavy atom. The second-order valence-corrected chi connectivity index (χ2v) is 6.46. The molecule has 2 aliphatic rings. The fourth-order valence-corrected chi connectivity index (χ4v) is 3.10. The van der Waals surface area contributed by atoms with Crippen LogP contribution in [-0.2, 0) is 9.53 Å². The van der Waals surface area contributed by atoms with Crippen molar-refractivity contribution < 1.29 is 23.8 Å². The standard InChI is InChI=1S/C19H24N2O5/c1-4-12(5-2)9-24-18(22)16-11(3)20-19(23)21-17(16)13-6-7-14-15(8-13)26-10-25-14/h6-8,12,17H,4-5,9-10H2,1-3H3,(H2,20,21,23)/t17-/m0/s1. The van der Waals surface area contributed by atoms with E-state index in [1.165, 1.54) is 0 Å². The lowest BCUT2D eigenvalue weighted by atomic mass is 9.95. The highest BCUT2D eigenvalue weighted by Gasteiger charge is 2.33. The van der Waals surface area contributed by atoms with E-state index in [1.807, 2.05) is 6.07 Å². The van der Waals surface area contributed by atoms with Gasteiger partial charge in [-0.05, 0) is 30.5 Å². The molecule has 1 aromatic carbocycles. The maximum absolute atomic E-state index is 12.7. The number of urea groups is 1. The molecule has 0 fully saturated rings. The molecule has 26 heavy (non-hydrogen) atoms. The van der Waals surface area contributed by atoms with Crippen LogP contribution in [0.3, 0.4) is 0 Å². The summed E-state index contributed by atoms with van der Waals surface area (Å²) in [7, 11) is 0. The van der Waals surface area contributed by atoms with Gasteiger partial charge in [0.15, 0.2) is 11.5 Å². The van der Waals surface area contributed by atoms with Gasteiger partial charge in [-0.3, -0.25) is 0 Å². The number of fused-ring (bicyclic) bond motifs is 1. The van der Waals surface area contributed by atoms with Gasteiger partial charge in [0.25, 0.3) is 0 Å². The molecule has 1 atom stereocenters. The molecule has 0 radical (unpaired) electrons. The number of rotatable bonds is 6. The molecule has 2 aliphatic heterocycles. The second-order valence-electron chi connectivity index (χ2n) is 6.46. The molecule has 0 aliphatic carbocycles. The lowest BCUT2D eigenvalue weighted by Crippen LogP contribution is -2.45. The average molecular weight is 360 g/mol. The maximum Gasteiger partial charge on any atom is 0.338 e. The SMILES string of the molecule is CCC(CC)COC(=O)C1=C(C)NC(=O)N[C@H]1c1ccc2c(c1)OCO2. The molecule has 3 rings (SSSR count). The van der Waals surface area contributed by atoms with Gasteiger partial charge in [0.1, 0.15) is 0 Å². The molecule has 140 valence electrons. The Morgan fingerprint density at radius 1 is 1.27 bits per heavy atom. The highest BCUT2D eigenvalue weighted by Crippen LogP contribution is 2.37. The third-order valence-corrected chi connectivity index (χ3v) is 4.82. The van der Waals surface area contributed by atoms with Crippen LogP contribution in [0.2, 0.25) is 0 Å². The molecule has 2 heterocycles. The molecule has 0 spiro atoms. The molecular weight excluding hydrogens is 336 g/mol. The molecule has 7 nitrogen and oxygen atoms in total. The molecule has 1 aromatic rings. The van der Waals surface area contributed by atoms with E-state index in [1.54, 1.807) is 19.1 Å². The van der Waals surface area contributed by atoms with Crippen LogP contribution in [0.25, 0.3) is 0 Å². The fraction of sp³-hybridized carbons (Fsp3) is 0.474. The Morgan fingerprint density at radius 2 is 2.00 bits per heavy atom. The number of amides is 2. The zero-order chi connectivity index (χ0) is 18.7. The number of allylic oxidation sites excluding steroid dienone is 1. The van der Waals surface area contributed by atoms with Gasteiger partial charge in [-0.25, -0.2) is 9.59 Å². The number of hydrogen-bond acceptors (Lipinski definition) is 5. The van der Waals surface area contributed by atoms with Crippen molar-refractivity contribution in [3.8, 4) is 11.5 Å².